The molecule has 1 aromatic heterocycles. The third-order valence-electron chi connectivity index (χ3n) is 3.86. The Morgan fingerprint density at radius 1 is 1.04 bits per heavy atom. The normalized spacial score (nSPS) is 10.8. The fraction of sp³-hybridized carbons (Fsp3) is 0.263. The number of hydrogen-bond donors (Lipinski definition) is 0. The van der Waals surface area contributed by atoms with Gasteiger partial charge < -0.3 is 18.6 Å². The van der Waals surface area contributed by atoms with Gasteiger partial charge in [-0.3, -0.25) is 0 Å². The van der Waals surface area contributed by atoms with Gasteiger partial charge in [0.2, 0.25) is 0 Å². The Balaban J connectivity index is 1.70. The number of hydrogen-bond acceptors (Lipinski definition) is 6. The van der Waals surface area contributed by atoms with Crippen LogP contribution in [0.15, 0.2) is 39.5 Å². The number of fused-ring (bicyclic) bond motifs is 1. The van der Waals surface area contributed by atoms with Crippen molar-refractivity contribution in [2.24, 2.45) is 0 Å². The first-order valence-corrected chi connectivity index (χ1v) is 8.91. The predicted molar refractivity (Wildman–Crippen MR) is 104 cm³/mol. The Labute approximate surface area is 165 Å². The molecule has 0 spiro atoms. The second-order valence-electron chi connectivity index (χ2n) is 5.65. The van der Waals surface area contributed by atoms with Crippen LogP contribution in [0, 0.1) is 0 Å². The van der Waals surface area contributed by atoms with Gasteiger partial charge in [0.25, 0.3) is 0 Å². The molecule has 0 saturated carbocycles. The standard InChI is InChI=1S/C19H17Cl2NO5/c1-24-16-9-12-14(10-17(16)25-2)22-18(27-19(12)23)4-3-7-26-15-6-5-11(20)8-13(15)21/h5-6,8-10H,3-4,7H2,1-2H3. The lowest BCUT2D eigenvalue weighted by Crippen LogP contribution is -2.08. The summed E-state index contributed by atoms with van der Waals surface area (Å²) in [5.41, 5.74) is 0.0122. The Morgan fingerprint density at radius 3 is 2.48 bits per heavy atom. The Kier molecular flexibility index (Phi) is 6.08. The van der Waals surface area contributed by atoms with E-state index in [1.807, 2.05) is 0 Å². The predicted octanol–water partition coefficient (Wildman–Crippen LogP) is 4.52. The summed E-state index contributed by atoms with van der Waals surface area (Å²) in [7, 11) is 3.02. The molecular weight excluding hydrogens is 393 g/mol. The van der Waals surface area contributed by atoms with Crippen LogP contribution in [0.5, 0.6) is 17.2 Å². The second kappa shape index (κ2) is 8.50. The van der Waals surface area contributed by atoms with E-state index in [0.29, 0.717) is 63.5 Å². The van der Waals surface area contributed by atoms with Crippen LogP contribution >= 0.6 is 23.2 Å². The third-order valence-corrected chi connectivity index (χ3v) is 4.39. The van der Waals surface area contributed by atoms with Gasteiger partial charge in [-0.15, -0.1) is 0 Å². The number of methoxy groups -OCH3 is 2. The molecule has 0 bridgehead atoms. The molecule has 1 heterocycles. The van der Waals surface area contributed by atoms with Gasteiger partial charge in [0.15, 0.2) is 17.4 Å². The number of nitrogens with zero attached hydrogens (tertiary/aromatic N) is 1. The van der Waals surface area contributed by atoms with E-state index in [-0.39, 0.29) is 0 Å². The number of halogens is 2. The van der Waals surface area contributed by atoms with E-state index in [1.54, 1.807) is 30.3 Å². The van der Waals surface area contributed by atoms with E-state index in [9.17, 15) is 4.79 Å². The monoisotopic (exact) mass is 409 g/mol. The smallest absolute Gasteiger partial charge is 0.346 e. The lowest BCUT2D eigenvalue weighted by molar-refractivity contribution is 0.303. The van der Waals surface area contributed by atoms with Gasteiger partial charge >= 0.3 is 5.63 Å². The molecule has 0 atom stereocenters. The molecule has 0 aliphatic carbocycles. The van der Waals surface area contributed by atoms with Gasteiger partial charge in [0.1, 0.15) is 5.75 Å². The molecule has 3 rings (SSSR count). The topological polar surface area (TPSA) is 70.8 Å². The molecule has 0 aliphatic rings. The van der Waals surface area contributed by atoms with Crippen molar-refractivity contribution in [3.63, 3.8) is 0 Å². The summed E-state index contributed by atoms with van der Waals surface area (Å²) >= 11 is 11.9. The zero-order valence-corrected chi connectivity index (χ0v) is 16.3. The van der Waals surface area contributed by atoms with Gasteiger partial charge in [0.05, 0.1) is 36.8 Å². The fourth-order valence-corrected chi connectivity index (χ4v) is 3.01. The third kappa shape index (κ3) is 4.46. The minimum atomic E-state index is -0.474. The molecule has 27 heavy (non-hydrogen) atoms. The van der Waals surface area contributed by atoms with Crippen LogP contribution in [-0.4, -0.2) is 25.8 Å². The average molecular weight is 410 g/mol. The van der Waals surface area contributed by atoms with Gasteiger partial charge in [0, 0.05) is 23.6 Å². The minimum absolute atomic E-state index is 0.325. The number of aryl methyl sites for hydroxylation is 1. The summed E-state index contributed by atoms with van der Waals surface area (Å²) in [6, 6.07) is 8.23. The molecule has 0 radical (unpaired) electrons. The van der Waals surface area contributed by atoms with Crippen molar-refractivity contribution >= 4 is 34.1 Å². The van der Waals surface area contributed by atoms with Crippen LogP contribution in [-0.2, 0) is 6.42 Å². The van der Waals surface area contributed by atoms with Gasteiger partial charge in [-0.05, 0) is 24.6 Å². The highest BCUT2D eigenvalue weighted by Gasteiger charge is 2.12. The van der Waals surface area contributed by atoms with Gasteiger partial charge in [-0.25, -0.2) is 9.78 Å². The zero-order chi connectivity index (χ0) is 19.4. The SMILES string of the molecule is COc1cc2nc(CCCOc3ccc(Cl)cc3Cl)oc(=O)c2cc1OC. The molecular formula is C19H17Cl2NO5. The summed E-state index contributed by atoms with van der Waals surface area (Å²) in [6.07, 6.45) is 1.03. The molecule has 142 valence electrons. The summed E-state index contributed by atoms with van der Waals surface area (Å²) in [5.74, 6) is 1.81. The van der Waals surface area contributed by atoms with Crippen molar-refractivity contribution in [3.8, 4) is 17.2 Å². The molecule has 0 saturated heterocycles. The van der Waals surface area contributed by atoms with Crippen molar-refractivity contribution in [1.29, 1.82) is 0 Å². The van der Waals surface area contributed by atoms with Crippen LogP contribution in [0.25, 0.3) is 10.9 Å². The fourth-order valence-electron chi connectivity index (χ4n) is 2.55. The quantitative estimate of drug-likeness (QED) is 0.534. The largest absolute Gasteiger partial charge is 0.493 e. The van der Waals surface area contributed by atoms with Crippen molar-refractivity contribution in [2.75, 3.05) is 20.8 Å². The van der Waals surface area contributed by atoms with Crippen molar-refractivity contribution in [3.05, 3.63) is 56.7 Å². The molecule has 0 fully saturated rings. The summed E-state index contributed by atoms with van der Waals surface area (Å²) < 4.78 is 21.4. The van der Waals surface area contributed by atoms with Crippen LogP contribution in [0.3, 0.4) is 0 Å². The van der Waals surface area contributed by atoms with Crippen LogP contribution in [0.2, 0.25) is 10.0 Å². The van der Waals surface area contributed by atoms with E-state index in [0.717, 1.165) is 0 Å². The zero-order valence-electron chi connectivity index (χ0n) is 14.8. The van der Waals surface area contributed by atoms with Crippen LogP contribution in [0.1, 0.15) is 12.3 Å². The van der Waals surface area contributed by atoms with Crippen LogP contribution < -0.4 is 19.8 Å². The van der Waals surface area contributed by atoms with E-state index < -0.39 is 5.63 Å². The highest BCUT2D eigenvalue weighted by atomic mass is 35.5. The first kappa shape index (κ1) is 19.3. The first-order chi connectivity index (χ1) is 13.0. The molecule has 2 aromatic carbocycles. The number of benzene rings is 2. The number of aromatic nitrogens is 1. The maximum Gasteiger partial charge on any atom is 0.346 e. The van der Waals surface area contributed by atoms with E-state index in [4.69, 9.17) is 41.8 Å². The first-order valence-electron chi connectivity index (χ1n) is 8.15. The van der Waals surface area contributed by atoms with Crippen LogP contribution in [0.4, 0.5) is 0 Å². The van der Waals surface area contributed by atoms with Gasteiger partial charge in [-0.2, -0.15) is 0 Å². The molecule has 8 heteroatoms. The van der Waals surface area contributed by atoms with Crippen molar-refractivity contribution < 1.29 is 18.6 Å². The maximum absolute atomic E-state index is 12.2. The minimum Gasteiger partial charge on any atom is -0.493 e. The summed E-state index contributed by atoms with van der Waals surface area (Å²) in [5, 5.41) is 1.32. The van der Waals surface area contributed by atoms with Gasteiger partial charge in [-0.1, -0.05) is 23.2 Å². The molecule has 3 aromatic rings. The lowest BCUT2D eigenvalue weighted by atomic mass is 10.2. The average Bonchev–Trinajstić information content (AvgIpc) is 2.65. The second-order valence-corrected chi connectivity index (χ2v) is 6.49. The molecule has 0 aliphatic heterocycles. The molecule has 0 N–H and O–H groups in total. The Bertz CT molecular complexity index is 1020. The number of rotatable bonds is 7. The molecule has 6 nitrogen and oxygen atoms in total. The molecule has 0 amide bonds. The van der Waals surface area contributed by atoms with Crippen molar-refractivity contribution in [1.82, 2.24) is 4.98 Å². The van der Waals surface area contributed by atoms with E-state index in [1.165, 1.54) is 14.2 Å². The van der Waals surface area contributed by atoms with Crippen molar-refractivity contribution in [2.45, 2.75) is 12.8 Å². The molecule has 0 unspecified atom stereocenters. The Morgan fingerprint density at radius 2 is 1.78 bits per heavy atom. The number of ether oxygens (including phenoxy) is 3. The van der Waals surface area contributed by atoms with E-state index >= 15 is 0 Å². The highest BCUT2D eigenvalue weighted by molar-refractivity contribution is 6.35. The maximum atomic E-state index is 12.2. The lowest BCUT2D eigenvalue weighted by Gasteiger charge is -2.09. The van der Waals surface area contributed by atoms with E-state index in [2.05, 4.69) is 4.98 Å². The highest BCUT2D eigenvalue weighted by Crippen LogP contribution is 2.30. The Hall–Kier alpha value is -2.44. The summed E-state index contributed by atoms with van der Waals surface area (Å²) in [6.45, 7) is 0.386. The summed E-state index contributed by atoms with van der Waals surface area (Å²) in [4.78, 5) is 16.6.